The molecule has 1 saturated heterocycles. The predicted molar refractivity (Wildman–Crippen MR) is 83.0 cm³/mol. The molecule has 0 atom stereocenters. The van der Waals surface area contributed by atoms with E-state index in [0.717, 1.165) is 30.1 Å². The maximum atomic E-state index is 7.70. The Bertz CT molecular complexity index is 469. The van der Waals surface area contributed by atoms with Crippen molar-refractivity contribution in [1.82, 2.24) is 4.90 Å². The average molecular weight is 276 g/mol. The summed E-state index contributed by atoms with van der Waals surface area (Å²) < 4.78 is 5.27. The van der Waals surface area contributed by atoms with Crippen molar-refractivity contribution in [3.63, 3.8) is 0 Å². The number of benzene rings is 1. The summed E-state index contributed by atoms with van der Waals surface area (Å²) in [5.41, 5.74) is 7.38. The predicted octanol–water partition coefficient (Wildman–Crippen LogP) is 1.51. The van der Waals surface area contributed by atoms with Crippen LogP contribution in [0.15, 0.2) is 18.2 Å². The van der Waals surface area contributed by atoms with Gasteiger partial charge in [0.05, 0.1) is 12.8 Å². The number of rotatable bonds is 6. The number of likely N-dealkylation sites (tertiary alicyclic amines) is 1. The van der Waals surface area contributed by atoms with Crippen LogP contribution in [-0.4, -0.2) is 51.1 Å². The van der Waals surface area contributed by atoms with Gasteiger partial charge in [0.2, 0.25) is 0 Å². The standard InChI is InChI=1S/C15H24N4O/c1-18(9-10-19-7-3-4-8-19)14-11-12(20-2)5-6-13(14)15(16)17/h5-6,11H,3-4,7-10H2,1-2H3,(H3,16,17). The van der Waals surface area contributed by atoms with E-state index >= 15 is 0 Å². The Kier molecular flexibility index (Phi) is 4.84. The molecular weight excluding hydrogens is 252 g/mol. The van der Waals surface area contributed by atoms with Gasteiger partial charge in [-0.05, 0) is 38.1 Å². The van der Waals surface area contributed by atoms with Gasteiger partial charge in [-0.1, -0.05) is 0 Å². The van der Waals surface area contributed by atoms with Gasteiger partial charge in [0.15, 0.2) is 0 Å². The van der Waals surface area contributed by atoms with Crippen LogP contribution in [0.2, 0.25) is 0 Å². The lowest BCUT2D eigenvalue weighted by molar-refractivity contribution is 0.346. The van der Waals surface area contributed by atoms with Gasteiger partial charge in [0.25, 0.3) is 0 Å². The lowest BCUT2D eigenvalue weighted by Gasteiger charge is -2.25. The van der Waals surface area contributed by atoms with E-state index in [4.69, 9.17) is 15.9 Å². The van der Waals surface area contributed by atoms with Crippen LogP contribution in [0.5, 0.6) is 5.75 Å². The second kappa shape index (κ2) is 6.61. The first-order valence-corrected chi connectivity index (χ1v) is 7.07. The molecule has 0 bridgehead atoms. The van der Waals surface area contributed by atoms with Gasteiger partial charge < -0.3 is 20.3 Å². The summed E-state index contributed by atoms with van der Waals surface area (Å²) in [6, 6.07) is 5.64. The average Bonchev–Trinajstić information content (AvgIpc) is 2.97. The smallest absolute Gasteiger partial charge is 0.124 e. The van der Waals surface area contributed by atoms with Crippen LogP contribution in [0.1, 0.15) is 18.4 Å². The zero-order valence-corrected chi connectivity index (χ0v) is 12.4. The highest BCUT2D eigenvalue weighted by Gasteiger charge is 2.15. The normalized spacial score (nSPS) is 15.3. The summed E-state index contributed by atoms with van der Waals surface area (Å²) in [6.07, 6.45) is 2.61. The van der Waals surface area contributed by atoms with Crippen molar-refractivity contribution in [3.8, 4) is 5.75 Å². The first kappa shape index (κ1) is 14.7. The van der Waals surface area contributed by atoms with E-state index in [-0.39, 0.29) is 5.84 Å². The summed E-state index contributed by atoms with van der Waals surface area (Å²) in [5.74, 6) is 0.883. The molecule has 0 aliphatic carbocycles. The molecule has 0 saturated carbocycles. The summed E-state index contributed by atoms with van der Waals surface area (Å²) in [4.78, 5) is 4.63. The molecule has 5 heteroatoms. The summed E-state index contributed by atoms with van der Waals surface area (Å²) in [7, 11) is 3.69. The molecule has 1 aliphatic rings. The van der Waals surface area contributed by atoms with E-state index in [0.29, 0.717) is 0 Å². The van der Waals surface area contributed by atoms with E-state index in [1.807, 2.05) is 25.2 Å². The van der Waals surface area contributed by atoms with Gasteiger partial charge in [-0.3, -0.25) is 5.41 Å². The fourth-order valence-corrected chi connectivity index (χ4v) is 2.60. The Labute approximate surface area is 120 Å². The Morgan fingerprint density at radius 2 is 2.10 bits per heavy atom. The molecule has 0 radical (unpaired) electrons. The Balaban J connectivity index is 2.09. The first-order valence-electron chi connectivity index (χ1n) is 7.07. The number of hydrogen-bond donors (Lipinski definition) is 2. The molecule has 1 fully saturated rings. The number of hydrogen-bond acceptors (Lipinski definition) is 4. The van der Waals surface area contributed by atoms with Crippen LogP contribution < -0.4 is 15.4 Å². The maximum absolute atomic E-state index is 7.70. The van der Waals surface area contributed by atoms with Gasteiger partial charge in [-0.2, -0.15) is 0 Å². The van der Waals surface area contributed by atoms with Crippen LogP contribution in [0, 0.1) is 5.41 Å². The van der Waals surface area contributed by atoms with Gasteiger partial charge >= 0.3 is 0 Å². The fourth-order valence-electron chi connectivity index (χ4n) is 2.60. The SMILES string of the molecule is COc1ccc(C(=N)N)c(N(C)CCN2CCCC2)c1. The first-order chi connectivity index (χ1) is 9.61. The van der Waals surface area contributed by atoms with E-state index in [9.17, 15) is 0 Å². The van der Waals surface area contributed by atoms with Crippen molar-refractivity contribution in [3.05, 3.63) is 23.8 Å². The van der Waals surface area contributed by atoms with Crippen molar-refractivity contribution in [1.29, 1.82) is 5.41 Å². The maximum Gasteiger partial charge on any atom is 0.124 e. The molecule has 0 aromatic heterocycles. The minimum atomic E-state index is 0.0932. The minimum Gasteiger partial charge on any atom is -0.497 e. The molecule has 110 valence electrons. The number of ether oxygens (including phenoxy) is 1. The van der Waals surface area contributed by atoms with Crippen molar-refractivity contribution in [2.24, 2.45) is 5.73 Å². The van der Waals surface area contributed by atoms with Gasteiger partial charge in [-0.25, -0.2) is 0 Å². The van der Waals surface area contributed by atoms with Crippen molar-refractivity contribution in [2.45, 2.75) is 12.8 Å². The molecule has 2 rings (SSSR count). The van der Waals surface area contributed by atoms with E-state index in [1.54, 1.807) is 7.11 Å². The number of anilines is 1. The van der Waals surface area contributed by atoms with Crippen molar-refractivity contribution in [2.75, 3.05) is 45.2 Å². The Hall–Kier alpha value is -1.75. The molecule has 20 heavy (non-hydrogen) atoms. The van der Waals surface area contributed by atoms with Crippen LogP contribution in [0.25, 0.3) is 0 Å². The molecule has 1 aromatic rings. The van der Waals surface area contributed by atoms with Crippen LogP contribution in [0.4, 0.5) is 5.69 Å². The third-order valence-corrected chi connectivity index (χ3v) is 3.86. The summed E-state index contributed by atoms with van der Waals surface area (Å²) >= 11 is 0. The Morgan fingerprint density at radius 1 is 1.40 bits per heavy atom. The lowest BCUT2D eigenvalue weighted by Crippen LogP contribution is -2.32. The highest BCUT2D eigenvalue weighted by Crippen LogP contribution is 2.25. The van der Waals surface area contributed by atoms with Crippen LogP contribution in [0.3, 0.4) is 0 Å². The van der Waals surface area contributed by atoms with Crippen LogP contribution >= 0.6 is 0 Å². The highest BCUT2D eigenvalue weighted by molar-refractivity contribution is 6.00. The van der Waals surface area contributed by atoms with Gasteiger partial charge in [0, 0.05) is 31.8 Å². The van der Waals surface area contributed by atoms with Crippen LogP contribution in [-0.2, 0) is 0 Å². The molecule has 1 aliphatic heterocycles. The number of nitrogens with zero attached hydrogens (tertiary/aromatic N) is 2. The second-order valence-corrected chi connectivity index (χ2v) is 5.27. The summed E-state index contributed by atoms with van der Waals surface area (Å²) in [6.45, 7) is 4.37. The molecule has 3 N–H and O–H groups in total. The number of nitrogens with one attached hydrogen (secondary N) is 1. The molecule has 1 heterocycles. The Morgan fingerprint density at radius 3 is 2.70 bits per heavy atom. The molecular formula is C15H24N4O. The second-order valence-electron chi connectivity index (χ2n) is 5.27. The molecule has 5 nitrogen and oxygen atoms in total. The zero-order valence-electron chi connectivity index (χ0n) is 12.4. The lowest BCUT2D eigenvalue weighted by atomic mass is 10.1. The number of nitrogens with two attached hydrogens (primary N) is 1. The third kappa shape index (κ3) is 3.42. The van der Waals surface area contributed by atoms with E-state index in [2.05, 4.69) is 9.80 Å². The van der Waals surface area contributed by atoms with Gasteiger partial charge in [0.1, 0.15) is 11.6 Å². The third-order valence-electron chi connectivity index (χ3n) is 3.86. The number of amidine groups is 1. The fraction of sp³-hybridized carbons (Fsp3) is 0.533. The topological polar surface area (TPSA) is 65.6 Å². The van der Waals surface area contributed by atoms with Crippen molar-refractivity contribution >= 4 is 11.5 Å². The summed E-state index contributed by atoms with van der Waals surface area (Å²) in [5, 5.41) is 7.70. The zero-order chi connectivity index (χ0) is 14.5. The number of likely N-dealkylation sites (N-methyl/N-ethyl adjacent to an activating group) is 1. The quantitative estimate of drug-likeness (QED) is 0.610. The number of methoxy groups -OCH3 is 1. The van der Waals surface area contributed by atoms with E-state index < -0.39 is 0 Å². The van der Waals surface area contributed by atoms with Gasteiger partial charge in [-0.15, -0.1) is 0 Å². The monoisotopic (exact) mass is 276 g/mol. The minimum absolute atomic E-state index is 0.0932. The molecule has 0 spiro atoms. The molecule has 0 unspecified atom stereocenters. The highest BCUT2D eigenvalue weighted by atomic mass is 16.5. The number of nitrogen functional groups attached to an aromatic ring is 1. The molecule has 0 amide bonds. The molecule has 1 aromatic carbocycles. The largest absolute Gasteiger partial charge is 0.497 e. The van der Waals surface area contributed by atoms with Crippen molar-refractivity contribution < 1.29 is 4.74 Å². The van der Waals surface area contributed by atoms with E-state index in [1.165, 1.54) is 25.9 Å².